The van der Waals surface area contributed by atoms with E-state index in [0.29, 0.717) is 10.8 Å². The van der Waals surface area contributed by atoms with Crippen molar-refractivity contribution in [1.29, 1.82) is 0 Å². The summed E-state index contributed by atoms with van der Waals surface area (Å²) >= 11 is 6.11. The second-order valence-corrected chi connectivity index (χ2v) is 6.17. The van der Waals surface area contributed by atoms with E-state index in [4.69, 9.17) is 16.3 Å². The van der Waals surface area contributed by atoms with Crippen molar-refractivity contribution in [2.45, 2.75) is 13.0 Å². The van der Waals surface area contributed by atoms with E-state index in [-0.39, 0.29) is 5.91 Å². The monoisotopic (exact) mass is 354 g/mol. The van der Waals surface area contributed by atoms with Gasteiger partial charge in [0.05, 0.1) is 12.1 Å². The molecule has 0 saturated carbocycles. The molecule has 1 atom stereocenters. The first-order chi connectivity index (χ1) is 12.1. The van der Waals surface area contributed by atoms with E-state index in [1.165, 1.54) is 0 Å². The predicted molar refractivity (Wildman–Crippen MR) is 104 cm³/mol. The standard InChI is InChI=1S/C20H19ClN2O2/c1-13(22-17-9-10-19(25-2)18(21)12-17)20(24)23-16-8-7-14-5-3-4-6-15(14)11-16/h3-13,22H,1-2H3,(H,23,24). The van der Waals surface area contributed by atoms with Gasteiger partial charge in [-0.25, -0.2) is 0 Å². The Morgan fingerprint density at radius 1 is 1.00 bits per heavy atom. The van der Waals surface area contributed by atoms with Gasteiger partial charge in [-0.3, -0.25) is 4.79 Å². The molecule has 2 N–H and O–H groups in total. The van der Waals surface area contributed by atoms with Crippen molar-refractivity contribution in [3.63, 3.8) is 0 Å². The average molecular weight is 355 g/mol. The summed E-state index contributed by atoms with van der Waals surface area (Å²) in [6, 6.07) is 18.8. The minimum absolute atomic E-state index is 0.123. The second-order valence-electron chi connectivity index (χ2n) is 5.77. The van der Waals surface area contributed by atoms with Crippen LogP contribution in [0, 0.1) is 0 Å². The van der Waals surface area contributed by atoms with Gasteiger partial charge < -0.3 is 15.4 Å². The normalized spacial score (nSPS) is 11.8. The maximum absolute atomic E-state index is 12.4. The minimum Gasteiger partial charge on any atom is -0.495 e. The van der Waals surface area contributed by atoms with Crippen LogP contribution in [0.2, 0.25) is 5.02 Å². The summed E-state index contributed by atoms with van der Waals surface area (Å²) in [5.41, 5.74) is 1.53. The molecule has 1 unspecified atom stereocenters. The Balaban J connectivity index is 1.68. The fraction of sp³-hybridized carbons (Fsp3) is 0.150. The third-order valence-corrected chi connectivity index (χ3v) is 4.24. The van der Waals surface area contributed by atoms with Crippen LogP contribution in [-0.2, 0) is 4.79 Å². The van der Waals surface area contributed by atoms with Crippen molar-refractivity contribution in [1.82, 2.24) is 0 Å². The van der Waals surface area contributed by atoms with Crippen molar-refractivity contribution in [3.8, 4) is 5.75 Å². The highest BCUT2D eigenvalue weighted by molar-refractivity contribution is 6.32. The molecule has 3 rings (SSSR count). The van der Waals surface area contributed by atoms with Gasteiger partial charge in [-0.2, -0.15) is 0 Å². The highest BCUT2D eigenvalue weighted by atomic mass is 35.5. The summed E-state index contributed by atoms with van der Waals surface area (Å²) in [7, 11) is 1.56. The molecule has 0 heterocycles. The molecular weight excluding hydrogens is 336 g/mol. The Hall–Kier alpha value is -2.72. The van der Waals surface area contributed by atoms with Gasteiger partial charge in [-0.05, 0) is 48.0 Å². The molecule has 3 aromatic carbocycles. The van der Waals surface area contributed by atoms with Crippen molar-refractivity contribution in [2.24, 2.45) is 0 Å². The highest BCUT2D eigenvalue weighted by Crippen LogP contribution is 2.27. The topological polar surface area (TPSA) is 50.4 Å². The minimum atomic E-state index is -0.420. The first-order valence-electron chi connectivity index (χ1n) is 7.96. The second kappa shape index (κ2) is 7.45. The number of hydrogen-bond donors (Lipinski definition) is 2. The number of fused-ring (bicyclic) bond motifs is 1. The summed E-state index contributed by atoms with van der Waals surface area (Å²) in [6.45, 7) is 1.80. The number of amides is 1. The number of hydrogen-bond acceptors (Lipinski definition) is 3. The molecule has 0 saturated heterocycles. The quantitative estimate of drug-likeness (QED) is 0.682. The summed E-state index contributed by atoms with van der Waals surface area (Å²) in [5, 5.41) is 8.79. The predicted octanol–water partition coefficient (Wildman–Crippen LogP) is 4.94. The zero-order valence-corrected chi connectivity index (χ0v) is 14.8. The molecule has 128 valence electrons. The number of nitrogens with one attached hydrogen (secondary N) is 2. The van der Waals surface area contributed by atoms with Gasteiger partial charge in [0.25, 0.3) is 0 Å². The number of carbonyl (C=O) groups is 1. The molecule has 0 spiro atoms. The van der Waals surface area contributed by atoms with Gasteiger partial charge in [0.2, 0.25) is 5.91 Å². The molecule has 3 aromatic rings. The fourth-order valence-corrected chi connectivity index (χ4v) is 2.85. The molecule has 1 amide bonds. The molecule has 0 aliphatic rings. The maximum atomic E-state index is 12.4. The van der Waals surface area contributed by atoms with Crippen molar-refractivity contribution in [3.05, 3.63) is 65.7 Å². The number of anilines is 2. The molecular formula is C20H19ClN2O2. The van der Waals surface area contributed by atoms with Crippen LogP contribution in [0.15, 0.2) is 60.7 Å². The zero-order chi connectivity index (χ0) is 17.8. The molecule has 4 nitrogen and oxygen atoms in total. The SMILES string of the molecule is COc1ccc(NC(C)C(=O)Nc2ccc3ccccc3c2)cc1Cl. The zero-order valence-electron chi connectivity index (χ0n) is 14.0. The van der Waals surface area contributed by atoms with Crippen LogP contribution in [0.5, 0.6) is 5.75 Å². The van der Waals surface area contributed by atoms with Crippen LogP contribution in [0.25, 0.3) is 10.8 Å². The van der Waals surface area contributed by atoms with E-state index in [2.05, 4.69) is 10.6 Å². The Bertz CT molecular complexity index is 911. The van der Waals surface area contributed by atoms with Crippen LogP contribution < -0.4 is 15.4 Å². The molecule has 0 bridgehead atoms. The molecule has 0 aliphatic carbocycles. The van der Waals surface area contributed by atoms with Crippen molar-refractivity contribution in [2.75, 3.05) is 17.7 Å². The van der Waals surface area contributed by atoms with Gasteiger partial charge >= 0.3 is 0 Å². The lowest BCUT2D eigenvalue weighted by atomic mass is 10.1. The molecule has 0 radical (unpaired) electrons. The Labute approximate surface area is 151 Å². The summed E-state index contributed by atoms with van der Waals surface area (Å²) < 4.78 is 5.13. The number of ether oxygens (including phenoxy) is 1. The van der Waals surface area contributed by atoms with Gasteiger partial charge in [0.15, 0.2) is 0 Å². The third-order valence-electron chi connectivity index (χ3n) is 3.95. The molecule has 5 heteroatoms. The lowest BCUT2D eigenvalue weighted by molar-refractivity contribution is -0.116. The first-order valence-corrected chi connectivity index (χ1v) is 8.34. The van der Waals surface area contributed by atoms with Crippen LogP contribution in [0.3, 0.4) is 0 Å². The molecule has 0 aromatic heterocycles. The number of benzene rings is 3. The third kappa shape index (κ3) is 4.03. The van der Waals surface area contributed by atoms with E-state index in [1.807, 2.05) is 48.5 Å². The number of methoxy groups -OCH3 is 1. The van der Waals surface area contributed by atoms with Crippen LogP contribution in [0.4, 0.5) is 11.4 Å². The highest BCUT2D eigenvalue weighted by Gasteiger charge is 2.14. The lowest BCUT2D eigenvalue weighted by Crippen LogP contribution is -2.31. The summed E-state index contributed by atoms with van der Waals surface area (Å²) in [4.78, 5) is 12.4. The Kier molecular flexibility index (Phi) is 5.10. The molecule has 0 aliphatic heterocycles. The van der Waals surface area contributed by atoms with Crippen LogP contribution >= 0.6 is 11.6 Å². The molecule has 25 heavy (non-hydrogen) atoms. The number of carbonyl (C=O) groups excluding carboxylic acids is 1. The van der Waals surface area contributed by atoms with E-state index in [9.17, 15) is 4.79 Å². The van der Waals surface area contributed by atoms with Crippen LogP contribution in [-0.4, -0.2) is 19.1 Å². The first kappa shape index (κ1) is 17.1. The Morgan fingerprint density at radius 3 is 2.44 bits per heavy atom. The van der Waals surface area contributed by atoms with E-state index < -0.39 is 6.04 Å². The van der Waals surface area contributed by atoms with E-state index >= 15 is 0 Å². The van der Waals surface area contributed by atoms with Gasteiger partial charge in [0.1, 0.15) is 11.8 Å². The van der Waals surface area contributed by atoms with Gasteiger partial charge in [-0.15, -0.1) is 0 Å². The fourth-order valence-electron chi connectivity index (χ4n) is 2.59. The van der Waals surface area contributed by atoms with E-state index in [1.54, 1.807) is 26.2 Å². The van der Waals surface area contributed by atoms with Gasteiger partial charge in [0, 0.05) is 11.4 Å². The maximum Gasteiger partial charge on any atom is 0.246 e. The van der Waals surface area contributed by atoms with Crippen molar-refractivity contribution >= 4 is 39.7 Å². The Morgan fingerprint density at radius 2 is 1.72 bits per heavy atom. The van der Waals surface area contributed by atoms with Crippen LogP contribution in [0.1, 0.15) is 6.92 Å². The largest absolute Gasteiger partial charge is 0.495 e. The number of rotatable bonds is 5. The smallest absolute Gasteiger partial charge is 0.246 e. The summed E-state index contributed by atoms with van der Waals surface area (Å²) in [6.07, 6.45) is 0. The lowest BCUT2D eigenvalue weighted by Gasteiger charge is -2.16. The average Bonchev–Trinajstić information content (AvgIpc) is 2.61. The molecule has 0 fully saturated rings. The van der Waals surface area contributed by atoms with E-state index in [0.717, 1.165) is 22.1 Å². The van der Waals surface area contributed by atoms with Crippen molar-refractivity contribution < 1.29 is 9.53 Å². The van der Waals surface area contributed by atoms with Gasteiger partial charge in [-0.1, -0.05) is 41.9 Å². The number of halogens is 1. The summed E-state index contributed by atoms with van der Waals surface area (Å²) in [5.74, 6) is 0.475.